The fourth-order valence-corrected chi connectivity index (χ4v) is 2.03. The fraction of sp³-hybridized carbons (Fsp3) is 0.267. The van der Waals surface area contributed by atoms with Crippen LogP contribution in [0.2, 0.25) is 0 Å². The van der Waals surface area contributed by atoms with Crippen molar-refractivity contribution in [2.45, 2.75) is 19.5 Å². The zero-order valence-corrected chi connectivity index (χ0v) is 12.4. The molecule has 3 aromatic rings. The molecule has 0 aromatic carbocycles. The Labute approximate surface area is 128 Å². The van der Waals surface area contributed by atoms with Crippen molar-refractivity contribution in [3.8, 4) is 11.4 Å². The van der Waals surface area contributed by atoms with Gasteiger partial charge >= 0.3 is 0 Å². The summed E-state index contributed by atoms with van der Waals surface area (Å²) in [6, 6.07) is 3.84. The zero-order chi connectivity index (χ0) is 15.4. The summed E-state index contributed by atoms with van der Waals surface area (Å²) >= 11 is 0. The quantitative estimate of drug-likeness (QED) is 0.713. The highest BCUT2D eigenvalue weighted by atomic mass is 16.5. The number of hydrogen-bond acceptors (Lipinski definition) is 7. The van der Waals surface area contributed by atoms with Crippen molar-refractivity contribution < 1.29 is 4.52 Å². The van der Waals surface area contributed by atoms with Crippen LogP contribution in [-0.4, -0.2) is 37.0 Å². The number of pyridine rings is 1. The van der Waals surface area contributed by atoms with E-state index in [1.807, 2.05) is 19.2 Å². The Kier molecular flexibility index (Phi) is 4.15. The largest absolute Gasteiger partial charge is 0.338 e. The topological polar surface area (TPSA) is 80.8 Å². The summed E-state index contributed by atoms with van der Waals surface area (Å²) in [6.45, 7) is 2.59. The molecule has 3 aromatic heterocycles. The van der Waals surface area contributed by atoms with Crippen LogP contribution in [0.1, 0.15) is 24.6 Å². The molecular formula is C15H16N6O. The predicted octanol–water partition coefficient (Wildman–Crippen LogP) is 2.11. The van der Waals surface area contributed by atoms with Crippen molar-refractivity contribution >= 4 is 0 Å². The van der Waals surface area contributed by atoms with Crippen LogP contribution >= 0.6 is 0 Å². The van der Waals surface area contributed by atoms with E-state index < -0.39 is 0 Å². The summed E-state index contributed by atoms with van der Waals surface area (Å²) in [5.41, 5.74) is 1.74. The van der Waals surface area contributed by atoms with E-state index in [4.69, 9.17) is 4.52 Å². The molecule has 0 aliphatic heterocycles. The molecule has 22 heavy (non-hydrogen) atoms. The lowest BCUT2D eigenvalue weighted by atomic mass is 10.2. The Morgan fingerprint density at radius 3 is 2.77 bits per heavy atom. The van der Waals surface area contributed by atoms with E-state index in [-0.39, 0.29) is 6.04 Å². The van der Waals surface area contributed by atoms with Crippen molar-refractivity contribution in [1.82, 2.24) is 30.0 Å². The van der Waals surface area contributed by atoms with Crippen LogP contribution in [0.5, 0.6) is 0 Å². The number of hydrogen-bond donors (Lipinski definition) is 0. The molecule has 7 nitrogen and oxygen atoms in total. The Morgan fingerprint density at radius 1 is 1.18 bits per heavy atom. The van der Waals surface area contributed by atoms with E-state index in [0.717, 1.165) is 11.3 Å². The Hall–Kier alpha value is -2.67. The maximum Gasteiger partial charge on any atom is 0.241 e. The lowest BCUT2D eigenvalue weighted by Gasteiger charge is -2.21. The number of nitrogens with zero attached hydrogens (tertiary/aromatic N) is 6. The molecule has 0 bridgehead atoms. The van der Waals surface area contributed by atoms with Gasteiger partial charge in [-0.25, -0.2) is 0 Å². The summed E-state index contributed by atoms with van der Waals surface area (Å²) in [7, 11) is 1.98. The molecule has 0 unspecified atom stereocenters. The lowest BCUT2D eigenvalue weighted by Crippen LogP contribution is -2.23. The molecule has 3 heterocycles. The molecule has 0 aliphatic carbocycles. The first kappa shape index (κ1) is 14.3. The molecule has 0 radical (unpaired) electrons. The first-order valence-electron chi connectivity index (χ1n) is 6.93. The summed E-state index contributed by atoms with van der Waals surface area (Å²) in [5, 5.41) is 3.99. The molecule has 0 spiro atoms. The summed E-state index contributed by atoms with van der Waals surface area (Å²) in [4.78, 5) is 18.9. The molecule has 0 N–H and O–H groups in total. The number of rotatable bonds is 5. The van der Waals surface area contributed by atoms with E-state index in [9.17, 15) is 0 Å². The zero-order valence-electron chi connectivity index (χ0n) is 12.4. The summed E-state index contributed by atoms with van der Waals surface area (Å²) in [6.07, 6.45) is 8.53. The van der Waals surface area contributed by atoms with Crippen molar-refractivity contribution in [2.24, 2.45) is 0 Å². The SMILES string of the molecule is C[C@@H](c1cnccn1)N(C)Cc1nc(-c2cccnc2)no1. The molecule has 0 fully saturated rings. The minimum atomic E-state index is 0.0995. The summed E-state index contributed by atoms with van der Waals surface area (Å²) < 4.78 is 5.31. The highest BCUT2D eigenvalue weighted by Crippen LogP contribution is 2.19. The molecular weight excluding hydrogens is 280 g/mol. The maximum atomic E-state index is 5.31. The van der Waals surface area contributed by atoms with E-state index in [0.29, 0.717) is 18.3 Å². The van der Waals surface area contributed by atoms with Gasteiger partial charge in [0.2, 0.25) is 11.7 Å². The van der Waals surface area contributed by atoms with Crippen molar-refractivity contribution in [1.29, 1.82) is 0 Å². The maximum absolute atomic E-state index is 5.31. The molecule has 0 saturated heterocycles. The van der Waals surface area contributed by atoms with Gasteiger partial charge in [0.25, 0.3) is 0 Å². The normalized spacial score (nSPS) is 12.5. The van der Waals surface area contributed by atoms with Crippen LogP contribution in [0.15, 0.2) is 47.6 Å². The average molecular weight is 296 g/mol. The molecule has 0 amide bonds. The molecule has 7 heteroatoms. The third-order valence-corrected chi connectivity index (χ3v) is 3.44. The van der Waals surface area contributed by atoms with Crippen LogP contribution in [-0.2, 0) is 6.54 Å². The Morgan fingerprint density at radius 2 is 2.05 bits per heavy atom. The second-order valence-electron chi connectivity index (χ2n) is 4.97. The first-order chi connectivity index (χ1) is 10.7. The van der Waals surface area contributed by atoms with Gasteiger partial charge in [-0.3, -0.25) is 19.9 Å². The van der Waals surface area contributed by atoms with E-state index in [1.54, 1.807) is 31.0 Å². The number of aromatic nitrogens is 5. The third kappa shape index (κ3) is 3.15. The van der Waals surface area contributed by atoms with Gasteiger partial charge in [0.15, 0.2) is 0 Å². The second-order valence-corrected chi connectivity index (χ2v) is 4.97. The Balaban J connectivity index is 1.70. The minimum absolute atomic E-state index is 0.0995. The lowest BCUT2D eigenvalue weighted by molar-refractivity contribution is 0.213. The van der Waals surface area contributed by atoms with Crippen LogP contribution in [0.4, 0.5) is 0 Å². The van der Waals surface area contributed by atoms with E-state index in [2.05, 4.69) is 36.9 Å². The van der Waals surface area contributed by atoms with Gasteiger partial charge in [-0.15, -0.1) is 0 Å². The standard InChI is InChI=1S/C15H16N6O/c1-11(13-9-17-6-7-18-13)21(2)10-14-19-15(20-22-14)12-4-3-5-16-8-12/h3-9,11H,10H2,1-2H3/t11-/m0/s1. The second kappa shape index (κ2) is 6.40. The highest BCUT2D eigenvalue weighted by molar-refractivity contribution is 5.51. The van der Waals surface area contributed by atoms with Gasteiger partial charge < -0.3 is 4.52 Å². The molecule has 0 aliphatic rings. The van der Waals surface area contributed by atoms with Crippen LogP contribution < -0.4 is 0 Å². The van der Waals surface area contributed by atoms with Gasteiger partial charge in [0.1, 0.15) is 0 Å². The van der Waals surface area contributed by atoms with Gasteiger partial charge in [0.05, 0.1) is 18.3 Å². The average Bonchev–Trinajstić information content (AvgIpc) is 3.04. The van der Waals surface area contributed by atoms with Gasteiger partial charge in [-0.1, -0.05) is 5.16 Å². The molecule has 3 rings (SSSR count). The third-order valence-electron chi connectivity index (χ3n) is 3.44. The van der Waals surface area contributed by atoms with Gasteiger partial charge in [0, 0.05) is 36.5 Å². The fourth-order valence-electron chi connectivity index (χ4n) is 2.03. The van der Waals surface area contributed by atoms with Crippen molar-refractivity contribution in [3.05, 3.63) is 54.7 Å². The van der Waals surface area contributed by atoms with Crippen LogP contribution in [0.25, 0.3) is 11.4 Å². The smallest absolute Gasteiger partial charge is 0.241 e. The first-order valence-corrected chi connectivity index (χ1v) is 6.93. The molecule has 0 saturated carbocycles. The van der Waals surface area contributed by atoms with Crippen LogP contribution in [0.3, 0.4) is 0 Å². The molecule has 112 valence electrons. The van der Waals surface area contributed by atoms with Crippen molar-refractivity contribution in [2.75, 3.05) is 7.05 Å². The van der Waals surface area contributed by atoms with Crippen LogP contribution in [0, 0.1) is 0 Å². The molecule has 1 atom stereocenters. The van der Waals surface area contributed by atoms with E-state index in [1.165, 1.54) is 0 Å². The minimum Gasteiger partial charge on any atom is -0.338 e. The predicted molar refractivity (Wildman–Crippen MR) is 79.4 cm³/mol. The van der Waals surface area contributed by atoms with Crippen molar-refractivity contribution in [3.63, 3.8) is 0 Å². The van der Waals surface area contributed by atoms with Gasteiger partial charge in [-0.05, 0) is 26.1 Å². The monoisotopic (exact) mass is 296 g/mol. The summed E-state index contributed by atoms with van der Waals surface area (Å²) in [5.74, 6) is 1.10. The van der Waals surface area contributed by atoms with Gasteiger partial charge in [-0.2, -0.15) is 4.98 Å². The Bertz CT molecular complexity index is 715. The highest BCUT2D eigenvalue weighted by Gasteiger charge is 2.17. The van der Waals surface area contributed by atoms with E-state index >= 15 is 0 Å².